The van der Waals surface area contributed by atoms with Crippen LogP contribution < -0.4 is 5.32 Å². The summed E-state index contributed by atoms with van der Waals surface area (Å²) in [5.41, 5.74) is 1.35. The van der Waals surface area contributed by atoms with Gasteiger partial charge in [0.15, 0.2) is 0 Å². The third-order valence-electron chi connectivity index (χ3n) is 4.48. The molecule has 0 aliphatic heterocycles. The zero-order valence-electron chi connectivity index (χ0n) is 13.0. The van der Waals surface area contributed by atoms with E-state index in [4.69, 9.17) is 0 Å². The van der Waals surface area contributed by atoms with Crippen LogP contribution in [-0.2, 0) is 6.42 Å². The number of hydrogen-bond donors (Lipinski definition) is 1. The molecule has 1 aliphatic carbocycles. The predicted octanol–water partition coefficient (Wildman–Crippen LogP) is 2.87. The lowest BCUT2D eigenvalue weighted by atomic mass is 9.90. The van der Waals surface area contributed by atoms with E-state index in [1.165, 1.54) is 44.2 Å². The standard InChI is InChI=1S/C17H29N3/c1-3-11-19-16-6-8-17(9-7-16)20(2)13-10-15-5-4-12-18-14-15/h4-5,12,14,16-17,19H,3,6-11,13H2,1-2H3. The maximum absolute atomic E-state index is 4.19. The lowest BCUT2D eigenvalue weighted by molar-refractivity contribution is 0.176. The van der Waals surface area contributed by atoms with E-state index >= 15 is 0 Å². The summed E-state index contributed by atoms with van der Waals surface area (Å²) in [5.74, 6) is 0. The van der Waals surface area contributed by atoms with E-state index in [-0.39, 0.29) is 0 Å². The van der Waals surface area contributed by atoms with Crippen molar-refractivity contribution >= 4 is 0 Å². The fraction of sp³-hybridized carbons (Fsp3) is 0.706. The maximum atomic E-state index is 4.19. The highest BCUT2D eigenvalue weighted by atomic mass is 15.1. The van der Waals surface area contributed by atoms with Crippen LogP contribution in [0.1, 0.15) is 44.6 Å². The van der Waals surface area contributed by atoms with Crippen LogP contribution in [0.25, 0.3) is 0 Å². The number of likely N-dealkylation sites (N-methyl/N-ethyl adjacent to an activating group) is 1. The van der Waals surface area contributed by atoms with Crippen LogP contribution >= 0.6 is 0 Å². The number of rotatable bonds is 7. The number of pyridine rings is 1. The SMILES string of the molecule is CCCNC1CCC(N(C)CCc2cccnc2)CC1. The van der Waals surface area contributed by atoms with Gasteiger partial charge in [0.05, 0.1) is 0 Å². The summed E-state index contributed by atoms with van der Waals surface area (Å²) in [6, 6.07) is 5.73. The number of nitrogens with zero attached hydrogens (tertiary/aromatic N) is 2. The average Bonchev–Trinajstić information content (AvgIpc) is 2.52. The van der Waals surface area contributed by atoms with Crippen molar-refractivity contribution in [1.29, 1.82) is 0 Å². The molecule has 1 aliphatic rings. The highest BCUT2D eigenvalue weighted by Crippen LogP contribution is 2.22. The van der Waals surface area contributed by atoms with E-state index in [9.17, 15) is 0 Å². The van der Waals surface area contributed by atoms with Crippen molar-refractivity contribution in [2.75, 3.05) is 20.1 Å². The molecule has 0 aromatic carbocycles. The Labute approximate surface area is 123 Å². The molecule has 1 N–H and O–H groups in total. The van der Waals surface area contributed by atoms with Crippen molar-refractivity contribution in [3.05, 3.63) is 30.1 Å². The molecule has 0 amide bonds. The number of hydrogen-bond acceptors (Lipinski definition) is 3. The lowest BCUT2D eigenvalue weighted by Crippen LogP contribution is -2.41. The molecule has 0 atom stereocenters. The van der Waals surface area contributed by atoms with Gasteiger partial charge >= 0.3 is 0 Å². The van der Waals surface area contributed by atoms with Gasteiger partial charge in [-0.1, -0.05) is 13.0 Å². The first-order valence-corrected chi connectivity index (χ1v) is 8.12. The molecule has 1 aromatic rings. The van der Waals surface area contributed by atoms with E-state index in [1.807, 2.05) is 18.5 Å². The molecule has 0 bridgehead atoms. The largest absolute Gasteiger partial charge is 0.314 e. The summed E-state index contributed by atoms with van der Waals surface area (Å²) in [4.78, 5) is 6.73. The fourth-order valence-electron chi connectivity index (χ4n) is 3.10. The normalized spacial score (nSPS) is 23.1. The molecule has 0 saturated heterocycles. The lowest BCUT2D eigenvalue weighted by Gasteiger charge is -2.35. The first-order chi connectivity index (χ1) is 9.79. The predicted molar refractivity (Wildman–Crippen MR) is 84.9 cm³/mol. The molecule has 0 radical (unpaired) electrons. The summed E-state index contributed by atoms with van der Waals surface area (Å²) in [6.07, 6.45) is 11.5. The molecule has 1 saturated carbocycles. The zero-order valence-corrected chi connectivity index (χ0v) is 13.0. The van der Waals surface area contributed by atoms with Gasteiger partial charge in [-0.3, -0.25) is 4.98 Å². The zero-order chi connectivity index (χ0) is 14.2. The third-order valence-corrected chi connectivity index (χ3v) is 4.48. The monoisotopic (exact) mass is 275 g/mol. The van der Waals surface area contributed by atoms with E-state index in [1.54, 1.807) is 0 Å². The van der Waals surface area contributed by atoms with Gasteiger partial charge in [-0.25, -0.2) is 0 Å². The van der Waals surface area contributed by atoms with Gasteiger partial charge in [-0.05, 0) is 63.7 Å². The van der Waals surface area contributed by atoms with Crippen LogP contribution in [0.5, 0.6) is 0 Å². The van der Waals surface area contributed by atoms with Gasteiger partial charge in [-0.2, -0.15) is 0 Å². The van der Waals surface area contributed by atoms with E-state index in [0.29, 0.717) is 0 Å². The Bertz CT molecular complexity index is 358. The summed E-state index contributed by atoms with van der Waals surface area (Å²) in [5, 5.41) is 3.66. The highest BCUT2D eigenvalue weighted by molar-refractivity contribution is 5.08. The van der Waals surface area contributed by atoms with Gasteiger partial charge in [0.1, 0.15) is 0 Å². The maximum Gasteiger partial charge on any atom is 0.0300 e. The van der Waals surface area contributed by atoms with Crippen LogP contribution in [-0.4, -0.2) is 42.1 Å². The minimum atomic E-state index is 0.762. The Balaban J connectivity index is 1.68. The van der Waals surface area contributed by atoms with Crippen LogP contribution in [0, 0.1) is 0 Å². The van der Waals surface area contributed by atoms with Crippen LogP contribution in [0.4, 0.5) is 0 Å². The molecule has 1 heterocycles. The van der Waals surface area contributed by atoms with Crippen molar-refractivity contribution < 1.29 is 0 Å². The fourth-order valence-corrected chi connectivity index (χ4v) is 3.10. The van der Waals surface area contributed by atoms with Crippen molar-refractivity contribution in [2.45, 2.75) is 57.5 Å². The second-order valence-electron chi connectivity index (χ2n) is 6.05. The van der Waals surface area contributed by atoms with Gasteiger partial charge in [0, 0.05) is 31.0 Å². The van der Waals surface area contributed by atoms with E-state index in [2.05, 4.69) is 35.2 Å². The Morgan fingerprint density at radius 2 is 2.10 bits per heavy atom. The van der Waals surface area contributed by atoms with Crippen LogP contribution in [0.2, 0.25) is 0 Å². The number of aromatic nitrogens is 1. The second-order valence-corrected chi connectivity index (χ2v) is 6.05. The second kappa shape index (κ2) is 8.38. The van der Waals surface area contributed by atoms with E-state index < -0.39 is 0 Å². The van der Waals surface area contributed by atoms with Gasteiger partial charge in [0.2, 0.25) is 0 Å². The summed E-state index contributed by atoms with van der Waals surface area (Å²) in [6.45, 7) is 4.56. The molecule has 112 valence electrons. The molecule has 0 unspecified atom stereocenters. The Morgan fingerprint density at radius 1 is 1.30 bits per heavy atom. The van der Waals surface area contributed by atoms with Crippen molar-refractivity contribution in [2.24, 2.45) is 0 Å². The Kier molecular flexibility index (Phi) is 6.48. The topological polar surface area (TPSA) is 28.2 Å². The summed E-state index contributed by atoms with van der Waals surface area (Å²) in [7, 11) is 2.28. The average molecular weight is 275 g/mol. The molecule has 2 rings (SSSR count). The van der Waals surface area contributed by atoms with Crippen LogP contribution in [0.15, 0.2) is 24.5 Å². The van der Waals surface area contributed by atoms with Crippen molar-refractivity contribution in [1.82, 2.24) is 15.2 Å². The first-order valence-electron chi connectivity index (χ1n) is 8.12. The molecular weight excluding hydrogens is 246 g/mol. The molecule has 20 heavy (non-hydrogen) atoms. The highest BCUT2D eigenvalue weighted by Gasteiger charge is 2.23. The quantitative estimate of drug-likeness (QED) is 0.829. The third kappa shape index (κ3) is 4.88. The molecule has 1 fully saturated rings. The summed E-state index contributed by atoms with van der Waals surface area (Å²) >= 11 is 0. The smallest absolute Gasteiger partial charge is 0.0300 e. The van der Waals surface area contributed by atoms with Crippen LogP contribution in [0.3, 0.4) is 0 Å². The molecule has 3 heteroatoms. The van der Waals surface area contributed by atoms with Gasteiger partial charge in [0.25, 0.3) is 0 Å². The van der Waals surface area contributed by atoms with Gasteiger partial charge < -0.3 is 10.2 Å². The molecular formula is C17H29N3. The minimum absolute atomic E-state index is 0.762. The van der Waals surface area contributed by atoms with E-state index in [0.717, 1.165) is 25.0 Å². The summed E-state index contributed by atoms with van der Waals surface area (Å²) < 4.78 is 0. The Hall–Kier alpha value is -0.930. The first kappa shape index (κ1) is 15.5. The molecule has 0 spiro atoms. The van der Waals surface area contributed by atoms with Crippen molar-refractivity contribution in [3.8, 4) is 0 Å². The molecule has 1 aromatic heterocycles. The Morgan fingerprint density at radius 3 is 2.75 bits per heavy atom. The number of nitrogens with one attached hydrogen (secondary N) is 1. The minimum Gasteiger partial charge on any atom is -0.314 e. The van der Waals surface area contributed by atoms with Gasteiger partial charge in [-0.15, -0.1) is 0 Å². The molecule has 3 nitrogen and oxygen atoms in total. The van der Waals surface area contributed by atoms with Crippen molar-refractivity contribution in [3.63, 3.8) is 0 Å².